The number of carbonyl (C=O) groups is 1. The predicted molar refractivity (Wildman–Crippen MR) is 60.7 cm³/mol. The van der Waals surface area contributed by atoms with Crippen LogP contribution in [0, 0.1) is 0 Å². The zero-order valence-electron chi connectivity index (χ0n) is 10.0. The molecule has 0 N–H and O–H groups in total. The number of esters is 1. The number of hydrogen-bond acceptors (Lipinski definition) is 3. The van der Waals surface area contributed by atoms with Gasteiger partial charge in [0.2, 0.25) is 0 Å². The van der Waals surface area contributed by atoms with Crippen LogP contribution in [0.25, 0.3) is 0 Å². The minimum Gasteiger partial charge on any atom is -0.463 e. The lowest BCUT2D eigenvalue weighted by Crippen LogP contribution is -2.12. The van der Waals surface area contributed by atoms with Gasteiger partial charge in [0.05, 0.1) is 18.8 Å². The van der Waals surface area contributed by atoms with Gasteiger partial charge in [-0.15, -0.1) is 0 Å². The Labute approximate surface area is 92.5 Å². The first-order chi connectivity index (χ1) is 7.26. The van der Waals surface area contributed by atoms with E-state index in [0.717, 1.165) is 19.3 Å². The Morgan fingerprint density at radius 2 is 1.93 bits per heavy atom. The van der Waals surface area contributed by atoms with Crippen LogP contribution in [0.1, 0.15) is 40.0 Å². The summed E-state index contributed by atoms with van der Waals surface area (Å²) < 4.78 is 10.2. The molecule has 0 aliphatic carbocycles. The van der Waals surface area contributed by atoms with Crippen molar-refractivity contribution in [1.29, 1.82) is 0 Å². The molecule has 15 heavy (non-hydrogen) atoms. The molecule has 0 aromatic heterocycles. The fourth-order valence-corrected chi connectivity index (χ4v) is 1.12. The number of rotatable bonds is 8. The summed E-state index contributed by atoms with van der Waals surface area (Å²) in [6.45, 7) is 7.23. The van der Waals surface area contributed by atoms with Crippen molar-refractivity contribution in [2.75, 3.05) is 19.8 Å². The van der Waals surface area contributed by atoms with Crippen LogP contribution in [-0.2, 0) is 14.3 Å². The van der Waals surface area contributed by atoms with E-state index in [1.165, 1.54) is 0 Å². The maximum atomic E-state index is 11.5. The molecule has 0 bridgehead atoms. The average Bonchev–Trinajstić information content (AvgIpc) is 2.23. The van der Waals surface area contributed by atoms with Crippen LogP contribution in [0.5, 0.6) is 0 Å². The highest BCUT2D eigenvalue weighted by molar-refractivity contribution is 5.88. The van der Waals surface area contributed by atoms with Gasteiger partial charge >= 0.3 is 5.97 Å². The third-order valence-corrected chi connectivity index (χ3v) is 1.95. The molecule has 3 nitrogen and oxygen atoms in total. The highest BCUT2D eigenvalue weighted by atomic mass is 16.5. The van der Waals surface area contributed by atoms with E-state index in [1.54, 1.807) is 0 Å². The summed E-state index contributed by atoms with van der Waals surface area (Å²) in [6.07, 6.45) is 5.06. The smallest absolute Gasteiger partial charge is 0.336 e. The van der Waals surface area contributed by atoms with Crippen molar-refractivity contribution in [3.05, 3.63) is 11.6 Å². The Bertz CT molecular complexity index is 197. The molecule has 0 spiro atoms. The Balaban J connectivity index is 4.15. The maximum Gasteiger partial charge on any atom is 0.336 e. The summed E-state index contributed by atoms with van der Waals surface area (Å²) in [5.74, 6) is -0.248. The van der Waals surface area contributed by atoms with E-state index in [4.69, 9.17) is 9.47 Å². The van der Waals surface area contributed by atoms with E-state index in [-0.39, 0.29) is 5.97 Å². The molecule has 0 saturated carbocycles. The van der Waals surface area contributed by atoms with Gasteiger partial charge in [0, 0.05) is 6.61 Å². The minimum atomic E-state index is -0.248. The van der Waals surface area contributed by atoms with Gasteiger partial charge < -0.3 is 9.47 Å². The molecule has 0 aliphatic heterocycles. The first kappa shape index (κ1) is 14.2. The second kappa shape index (κ2) is 9.71. The highest BCUT2D eigenvalue weighted by Crippen LogP contribution is 2.04. The largest absolute Gasteiger partial charge is 0.463 e. The second-order valence-corrected chi connectivity index (χ2v) is 3.23. The summed E-state index contributed by atoms with van der Waals surface area (Å²) >= 11 is 0. The van der Waals surface area contributed by atoms with Crippen molar-refractivity contribution in [2.24, 2.45) is 0 Å². The number of ether oxygens (including phenoxy) is 2. The maximum absolute atomic E-state index is 11.5. The van der Waals surface area contributed by atoms with Crippen LogP contribution in [0.4, 0.5) is 0 Å². The van der Waals surface area contributed by atoms with E-state index >= 15 is 0 Å². The molecule has 0 saturated heterocycles. The molecule has 0 radical (unpaired) electrons. The van der Waals surface area contributed by atoms with Gasteiger partial charge in [-0.05, 0) is 20.3 Å². The zero-order chi connectivity index (χ0) is 11.5. The number of unbranched alkanes of at least 4 members (excludes halogenated alkanes) is 2. The molecule has 3 heteroatoms. The fraction of sp³-hybridized carbons (Fsp3) is 0.750. The Morgan fingerprint density at radius 3 is 2.47 bits per heavy atom. The summed E-state index contributed by atoms with van der Waals surface area (Å²) in [7, 11) is 0. The van der Waals surface area contributed by atoms with Gasteiger partial charge in [-0.2, -0.15) is 0 Å². The highest BCUT2D eigenvalue weighted by Gasteiger charge is 2.09. The molecular formula is C12H22O3. The van der Waals surface area contributed by atoms with Gasteiger partial charge in [-0.1, -0.05) is 25.8 Å². The van der Waals surface area contributed by atoms with Crippen molar-refractivity contribution in [1.82, 2.24) is 0 Å². The molecule has 0 aliphatic rings. The first-order valence-electron chi connectivity index (χ1n) is 5.70. The van der Waals surface area contributed by atoms with Crippen LogP contribution < -0.4 is 0 Å². The second-order valence-electron chi connectivity index (χ2n) is 3.23. The van der Waals surface area contributed by atoms with Crippen molar-refractivity contribution in [3.8, 4) is 0 Å². The predicted octanol–water partition coefficient (Wildman–Crippen LogP) is 2.70. The number of allylic oxidation sites excluding steroid dienone is 1. The van der Waals surface area contributed by atoms with Crippen LogP contribution in [-0.4, -0.2) is 25.8 Å². The molecule has 0 unspecified atom stereocenters. The van der Waals surface area contributed by atoms with Crippen molar-refractivity contribution >= 4 is 5.97 Å². The van der Waals surface area contributed by atoms with Crippen molar-refractivity contribution in [2.45, 2.75) is 40.0 Å². The Hall–Kier alpha value is -0.830. The fourth-order valence-electron chi connectivity index (χ4n) is 1.12. The van der Waals surface area contributed by atoms with E-state index in [9.17, 15) is 4.79 Å². The standard InChI is InChI=1S/C12H22O3/c1-4-7-8-9-11(10-14-5-2)12(13)15-6-3/h9H,4-8,10H2,1-3H3. The van der Waals surface area contributed by atoms with Crippen LogP contribution >= 0.6 is 0 Å². The number of hydrogen-bond donors (Lipinski definition) is 0. The Morgan fingerprint density at radius 1 is 1.20 bits per heavy atom. The number of carbonyl (C=O) groups excluding carboxylic acids is 1. The molecule has 0 heterocycles. The Kier molecular flexibility index (Phi) is 9.18. The van der Waals surface area contributed by atoms with E-state index in [0.29, 0.717) is 25.4 Å². The van der Waals surface area contributed by atoms with Crippen LogP contribution in [0.2, 0.25) is 0 Å². The normalized spacial score (nSPS) is 11.5. The molecule has 88 valence electrons. The van der Waals surface area contributed by atoms with E-state index < -0.39 is 0 Å². The molecule has 0 aromatic carbocycles. The third kappa shape index (κ3) is 7.14. The van der Waals surface area contributed by atoms with Crippen molar-refractivity contribution in [3.63, 3.8) is 0 Å². The van der Waals surface area contributed by atoms with E-state index in [2.05, 4.69) is 6.92 Å². The molecule has 0 atom stereocenters. The van der Waals surface area contributed by atoms with Gasteiger partial charge in [0.15, 0.2) is 0 Å². The third-order valence-electron chi connectivity index (χ3n) is 1.95. The van der Waals surface area contributed by atoms with E-state index in [1.807, 2.05) is 19.9 Å². The average molecular weight is 214 g/mol. The lowest BCUT2D eigenvalue weighted by molar-refractivity contribution is -0.139. The lowest BCUT2D eigenvalue weighted by Gasteiger charge is -2.06. The van der Waals surface area contributed by atoms with Crippen molar-refractivity contribution < 1.29 is 14.3 Å². The first-order valence-corrected chi connectivity index (χ1v) is 5.70. The van der Waals surface area contributed by atoms with Gasteiger partial charge in [-0.25, -0.2) is 4.79 Å². The topological polar surface area (TPSA) is 35.5 Å². The molecule has 0 rings (SSSR count). The van der Waals surface area contributed by atoms with Gasteiger partial charge in [0.1, 0.15) is 0 Å². The van der Waals surface area contributed by atoms with Crippen LogP contribution in [0.3, 0.4) is 0 Å². The molecule has 0 amide bonds. The monoisotopic (exact) mass is 214 g/mol. The SMILES string of the molecule is CCCCC=C(COCC)C(=O)OCC. The van der Waals surface area contributed by atoms with Gasteiger partial charge in [-0.3, -0.25) is 0 Å². The molecule has 0 fully saturated rings. The summed E-state index contributed by atoms with van der Waals surface area (Å²) in [5.41, 5.74) is 0.646. The zero-order valence-corrected chi connectivity index (χ0v) is 10.0. The lowest BCUT2D eigenvalue weighted by atomic mass is 10.2. The molecule has 0 aromatic rings. The quantitative estimate of drug-likeness (QED) is 0.354. The molecular weight excluding hydrogens is 192 g/mol. The summed E-state index contributed by atoms with van der Waals surface area (Å²) in [6, 6.07) is 0. The minimum absolute atomic E-state index is 0.248. The van der Waals surface area contributed by atoms with Crippen LogP contribution in [0.15, 0.2) is 11.6 Å². The summed E-state index contributed by atoms with van der Waals surface area (Å²) in [5, 5.41) is 0. The summed E-state index contributed by atoms with van der Waals surface area (Å²) in [4.78, 5) is 11.5. The van der Waals surface area contributed by atoms with Gasteiger partial charge in [0.25, 0.3) is 0 Å².